The van der Waals surface area contributed by atoms with Crippen molar-refractivity contribution in [1.82, 2.24) is 4.90 Å². The van der Waals surface area contributed by atoms with Crippen LogP contribution in [0.25, 0.3) is 10.8 Å². The van der Waals surface area contributed by atoms with Crippen molar-refractivity contribution < 1.29 is 4.74 Å². The second-order valence-electron chi connectivity index (χ2n) is 6.37. The van der Waals surface area contributed by atoms with Gasteiger partial charge in [-0.1, -0.05) is 34.5 Å². The Morgan fingerprint density at radius 3 is 2.50 bits per heavy atom. The molecule has 2 nitrogen and oxygen atoms in total. The standard InChI is InChI=1S/C19H24BrNO/c1-14-4-3-5-15(2)21(14)10-11-22-19-9-7-16-12-18(20)8-6-17(16)13-19/h6-9,12-15H,3-5,10-11H2,1-2H3. The first-order valence-electron chi connectivity index (χ1n) is 8.21. The average Bonchev–Trinajstić information content (AvgIpc) is 2.50. The summed E-state index contributed by atoms with van der Waals surface area (Å²) in [5, 5.41) is 2.46. The largest absolute Gasteiger partial charge is 0.492 e. The van der Waals surface area contributed by atoms with Crippen LogP contribution in [0.4, 0.5) is 0 Å². The summed E-state index contributed by atoms with van der Waals surface area (Å²) in [6.45, 7) is 6.45. The summed E-state index contributed by atoms with van der Waals surface area (Å²) in [6, 6.07) is 14.0. The lowest BCUT2D eigenvalue weighted by atomic mass is 9.98. The molecule has 3 rings (SSSR count). The third-order valence-corrected chi connectivity index (χ3v) is 5.26. The van der Waals surface area contributed by atoms with Gasteiger partial charge in [0.25, 0.3) is 0 Å². The van der Waals surface area contributed by atoms with E-state index >= 15 is 0 Å². The third kappa shape index (κ3) is 3.64. The molecule has 0 saturated carbocycles. The van der Waals surface area contributed by atoms with Crippen molar-refractivity contribution >= 4 is 26.7 Å². The van der Waals surface area contributed by atoms with E-state index in [-0.39, 0.29) is 0 Å². The third-order valence-electron chi connectivity index (χ3n) is 4.77. The molecule has 22 heavy (non-hydrogen) atoms. The maximum atomic E-state index is 5.99. The Morgan fingerprint density at radius 1 is 1.05 bits per heavy atom. The highest BCUT2D eigenvalue weighted by Crippen LogP contribution is 2.25. The van der Waals surface area contributed by atoms with Crippen molar-refractivity contribution in [3.05, 3.63) is 40.9 Å². The Bertz CT molecular complexity index is 632. The molecule has 2 unspecified atom stereocenters. The Labute approximate surface area is 141 Å². The van der Waals surface area contributed by atoms with Crippen LogP contribution in [0.2, 0.25) is 0 Å². The maximum Gasteiger partial charge on any atom is 0.120 e. The van der Waals surface area contributed by atoms with Gasteiger partial charge in [-0.05, 0) is 61.7 Å². The highest BCUT2D eigenvalue weighted by molar-refractivity contribution is 9.10. The van der Waals surface area contributed by atoms with E-state index in [1.165, 1.54) is 30.0 Å². The summed E-state index contributed by atoms with van der Waals surface area (Å²) < 4.78 is 7.10. The SMILES string of the molecule is CC1CCCC(C)N1CCOc1ccc2cc(Br)ccc2c1. The van der Waals surface area contributed by atoms with E-state index in [0.29, 0.717) is 12.1 Å². The molecule has 2 aromatic carbocycles. The quantitative estimate of drug-likeness (QED) is 0.737. The molecule has 0 aromatic heterocycles. The lowest BCUT2D eigenvalue weighted by Gasteiger charge is -2.38. The predicted octanol–water partition coefficient (Wildman–Crippen LogP) is 5.24. The van der Waals surface area contributed by atoms with Crippen LogP contribution in [-0.4, -0.2) is 30.1 Å². The maximum absolute atomic E-state index is 5.99. The molecule has 1 aliphatic rings. The van der Waals surface area contributed by atoms with Gasteiger partial charge in [-0.25, -0.2) is 0 Å². The van der Waals surface area contributed by atoms with Gasteiger partial charge >= 0.3 is 0 Å². The molecular weight excluding hydrogens is 338 g/mol. The van der Waals surface area contributed by atoms with Gasteiger partial charge in [-0.15, -0.1) is 0 Å². The number of nitrogens with zero attached hydrogens (tertiary/aromatic N) is 1. The van der Waals surface area contributed by atoms with Gasteiger partial charge in [-0.3, -0.25) is 4.90 Å². The van der Waals surface area contributed by atoms with Crippen LogP contribution in [0.5, 0.6) is 5.75 Å². The zero-order chi connectivity index (χ0) is 15.5. The molecule has 1 heterocycles. The predicted molar refractivity (Wildman–Crippen MR) is 96.6 cm³/mol. The Hall–Kier alpha value is -1.06. The first-order chi connectivity index (χ1) is 10.6. The lowest BCUT2D eigenvalue weighted by Crippen LogP contribution is -2.45. The van der Waals surface area contributed by atoms with Crippen LogP contribution in [0.3, 0.4) is 0 Å². The minimum atomic E-state index is 0.682. The van der Waals surface area contributed by atoms with E-state index in [1.54, 1.807) is 0 Å². The topological polar surface area (TPSA) is 12.5 Å². The normalized spacial score (nSPS) is 22.9. The van der Waals surface area contributed by atoms with Crippen molar-refractivity contribution in [2.24, 2.45) is 0 Å². The molecule has 2 aromatic rings. The summed E-state index contributed by atoms with van der Waals surface area (Å²) in [5.41, 5.74) is 0. The molecule has 0 amide bonds. The summed E-state index contributed by atoms with van der Waals surface area (Å²) in [7, 11) is 0. The summed E-state index contributed by atoms with van der Waals surface area (Å²) >= 11 is 3.51. The van der Waals surface area contributed by atoms with Gasteiger partial charge in [0.15, 0.2) is 0 Å². The van der Waals surface area contributed by atoms with E-state index in [9.17, 15) is 0 Å². The fourth-order valence-corrected chi connectivity index (χ4v) is 3.85. The van der Waals surface area contributed by atoms with Crippen molar-refractivity contribution in [2.75, 3.05) is 13.2 Å². The second-order valence-corrected chi connectivity index (χ2v) is 7.28. The first kappa shape index (κ1) is 15.8. The zero-order valence-electron chi connectivity index (χ0n) is 13.4. The zero-order valence-corrected chi connectivity index (χ0v) is 15.0. The molecule has 0 N–H and O–H groups in total. The molecule has 0 radical (unpaired) electrons. The van der Waals surface area contributed by atoms with E-state index in [1.807, 2.05) is 0 Å². The molecule has 118 valence electrons. The van der Waals surface area contributed by atoms with Gasteiger partial charge in [0.1, 0.15) is 12.4 Å². The molecule has 1 aliphatic heterocycles. The number of ether oxygens (including phenoxy) is 1. The molecular formula is C19H24BrNO. The number of hydrogen-bond donors (Lipinski definition) is 0. The van der Waals surface area contributed by atoms with Crippen LogP contribution in [0, 0.1) is 0 Å². The molecule has 2 atom stereocenters. The number of hydrogen-bond acceptors (Lipinski definition) is 2. The molecule has 0 bridgehead atoms. The van der Waals surface area contributed by atoms with E-state index in [0.717, 1.165) is 23.4 Å². The molecule has 0 aliphatic carbocycles. The van der Waals surface area contributed by atoms with E-state index in [4.69, 9.17) is 4.74 Å². The smallest absolute Gasteiger partial charge is 0.120 e. The van der Waals surface area contributed by atoms with Crippen LogP contribution in [0.15, 0.2) is 40.9 Å². The monoisotopic (exact) mass is 361 g/mol. The van der Waals surface area contributed by atoms with Gasteiger partial charge in [0.05, 0.1) is 0 Å². The van der Waals surface area contributed by atoms with Crippen molar-refractivity contribution in [3.8, 4) is 5.75 Å². The van der Waals surface area contributed by atoms with Crippen molar-refractivity contribution in [1.29, 1.82) is 0 Å². The van der Waals surface area contributed by atoms with Crippen LogP contribution in [0.1, 0.15) is 33.1 Å². The van der Waals surface area contributed by atoms with Crippen LogP contribution >= 0.6 is 15.9 Å². The Balaban J connectivity index is 1.60. The number of piperidine rings is 1. The number of likely N-dealkylation sites (tertiary alicyclic amines) is 1. The van der Waals surface area contributed by atoms with Crippen molar-refractivity contribution in [3.63, 3.8) is 0 Å². The van der Waals surface area contributed by atoms with Gasteiger partial charge < -0.3 is 4.74 Å². The molecule has 0 spiro atoms. The van der Waals surface area contributed by atoms with E-state index < -0.39 is 0 Å². The lowest BCUT2D eigenvalue weighted by molar-refractivity contribution is 0.0852. The molecule has 3 heteroatoms. The highest BCUT2D eigenvalue weighted by atomic mass is 79.9. The number of fused-ring (bicyclic) bond motifs is 1. The average molecular weight is 362 g/mol. The summed E-state index contributed by atoms with van der Waals surface area (Å²) in [6.07, 6.45) is 3.99. The van der Waals surface area contributed by atoms with E-state index in [2.05, 4.69) is 71.1 Å². The van der Waals surface area contributed by atoms with Gasteiger partial charge in [-0.2, -0.15) is 0 Å². The number of benzene rings is 2. The van der Waals surface area contributed by atoms with Crippen LogP contribution in [-0.2, 0) is 0 Å². The van der Waals surface area contributed by atoms with Crippen LogP contribution < -0.4 is 4.74 Å². The highest BCUT2D eigenvalue weighted by Gasteiger charge is 2.24. The summed E-state index contributed by atoms with van der Waals surface area (Å²) in [4.78, 5) is 2.58. The molecule has 1 fully saturated rings. The minimum absolute atomic E-state index is 0.682. The fraction of sp³-hybridized carbons (Fsp3) is 0.474. The Kier molecular flexibility index (Phi) is 5.04. The van der Waals surface area contributed by atoms with Crippen molar-refractivity contribution in [2.45, 2.75) is 45.2 Å². The van der Waals surface area contributed by atoms with Gasteiger partial charge in [0, 0.05) is 23.1 Å². The summed E-state index contributed by atoms with van der Waals surface area (Å²) in [5.74, 6) is 0.965. The molecule has 1 saturated heterocycles. The first-order valence-corrected chi connectivity index (χ1v) is 9.00. The number of rotatable bonds is 4. The number of halogens is 1. The second kappa shape index (κ2) is 7.01. The minimum Gasteiger partial charge on any atom is -0.492 e. The van der Waals surface area contributed by atoms with Gasteiger partial charge in [0.2, 0.25) is 0 Å². The Morgan fingerprint density at radius 2 is 1.73 bits per heavy atom. The fourth-order valence-electron chi connectivity index (χ4n) is 3.47.